The third-order valence-corrected chi connectivity index (χ3v) is 5.43. The van der Waals surface area contributed by atoms with Gasteiger partial charge in [-0.25, -0.2) is 4.79 Å². The Morgan fingerprint density at radius 2 is 1.88 bits per heavy atom. The zero-order chi connectivity index (χ0) is 22.5. The number of amides is 1. The number of hydrogen-bond acceptors (Lipinski definition) is 6. The number of methoxy groups -OCH3 is 1. The van der Waals surface area contributed by atoms with Crippen LogP contribution in [0, 0.1) is 6.92 Å². The zero-order valence-corrected chi connectivity index (χ0v) is 18.1. The Bertz CT molecular complexity index is 1090. The molecule has 0 aliphatic carbocycles. The van der Waals surface area contributed by atoms with Crippen molar-refractivity contribution in [2.75, 3.05) is 30.4 Å². The van der Waals surface area contributed by atoms with Crippen LogP contribution in [0.1, 0.15) is 21.5 Å². The van der Waals surface area contributed by atoms with E-state index in [2.05, 4.69) is 15.2 Å². The number of carbonyl (C=O) groups excluding carboxylic acids is 2. The summed E-state index contributed by atoms with van der Waals surface area (Å²) < 4.78 is 10.9. The van der Waals surface area contributed by atoms with Crippen LogP contribution in [0.5, 0.6) is 5.75 Å². The lowest BCUT2D eigenvalue weighted by atomic mass is 10.0. The topological polar surface area (TPSA) is 80.8 Å². The number of nitrogens with zero attached hydrogens (tertiary/aromatic N) is 2. The average molecular weight is 431 g/mol. The summed E-state index contributed by atoms with van der Waals surface area (Å²) in [6, 6.07) is 16.7. The van der Waals surface area contributed by atoms with Gasteiger partial charge in [0.05, 0.1) is 32.2 Å². The first kappa shape index (κ1) is 21.4. The second-order valence-electron chi connectivity index (χ2n) is 7.70. The summed E-state index contributed by atoms with van der Waals surface area (Å²) >= 11 is 0. The van der Waals surface area contributed by atoms with Crippen LogP contribution in [-0.4, -0.2) is 43.2 Å². The molecular weight excluding hydrogens is 406 g/mol. The van der Waals surface area contributed by atoms with Crippen molar-refractivity contribution < 1.29 is 19.1 Å². The largest absolute Gasteiger partial charge is 0.487 e. The highest BCUT2D eigenvalue weighted by Crippen LogP contribution is 2.29. The second-order valence-corrected chi connectivity index (χ2v) is 7.70. The van der Waals surface area contributed by atoms with Crippen LogP contribution in [0.4, 0.5) is 11.4 Å². The van der Waals surface area contributed by atoms with Gasteiger partial charge in [0, 0.05) is 23.8 Å². The van der Waals surface area contributed by atoms with E-state index in [4.69, 9.17) is 9.47 Å². The quantitative estimate of drug-likeness (QED) is 0.576. The highest BCUT2D eigenvalue weighted by Gasteiger charge is 2.30. The lowest BCUT2D eigenvalue weighted by Gasteiger charge is -2.41. The fourth-order valence-electron chi connectivity index (χ4n) is 3.71. The molecule has 4 rings (SSSR count). The predicted octanol–water partition coefficient (Wildman–Crippen LogP) is 3.63. The number of pyridine rings is 1. The molecule has 0 saturated carbocycles. The minimum absolute atomic E-state index is 0.0576. The molecule has 2 aromatic carbocycles. The summed E-state index contributed by atoms with van der Waals surface area (Å²) in [6.07, 6.45) is 3.70. The van der Waals surface area contributed by atoms with Crippen molar-refractivity contribution in [3.8, 4) is 5.75 Å². The monoisotopic (exact) mass is 431 g/mol. The van der Waals surface area contributed by atoms with Crippen molar-refractivity contribution in [2.45, 2.75) is 19.4 Å². The van der Waals surface area contributed by atoms with E-state index in [1.165, 1.54) is 7.11 Å². The Labute approximate surface area is 187 Å². The Hall–Kier alpha value is -3.87. The molecule has 0 radical (unpaired) electrons. The lowest BCUT2D eigenvalue weighted by Crippen LogP contribution is -2.54. The molecule has 7 nitrogen and oxygen atoms in total. The maximum Gasteiger partial charge on any atom is 0.338 e. The predicted molar refractivity (Wildman–Crippen MR) is 122 cm³/mol. The molecule has 32 heavy (non-hydrogen) atoms. The van der Waals surface area contributed by atoms with Gasteiger partial charge in [0.25, 0.3) is 0 Å². The number of nitrogens with one attached hydrogen (secondary N) is 1. The van der Waals surface area contributed by atoms with Crippen LogP contribution in [0.2, 0.25) is 0 Å². The van der Waals surface area contributed by atoms with E-state index in [9.17, 15) is 9.59 Å². The zero-order valence-electron chi connectivity index (χ0n) is 18.1. The average Bonchev–Trinajstić information content (AvgIpc) is 2.78. The maximum absolute atomic E-state index is 12.2. The fourth-order valence-corrected chi connectivity index (χ4v) is 3.71. The van der Waals surface area contributed by atoms with Crippen LogP contribution >= 0.6 is 0 Å². The summed E-state index contributed by atoms with van der Waals surface area (Å²) in [5, 5.41) is 2.88. The Morgan fingerprint density at radius 1 is 1.09 bits per heavy atom. The van der Waals surface area contributed by atoms with Crippen molar-refractivity contribution in [1.29, 1.82) is 0 Å². The molecule has 0 atom stereocenters. The van der Waals surface area contributed by atoms with Crippen LogP contribution in [0.25, 0.3) is 0 Å². The summed E-state index contributed by atoms with van der Waals surface area (Å²) in [7, 11) is 1.39. The highest BCUT2D eigenvalue weighted by molar-refractivity contribution is 5.93. The van der Waals surface area contributed by atoms with Gasteiger partial charge in [0.1, 0.15) is 11.9 Å². The molecule has 1 N–H and O–H groups in total. The third kappa shape index (κ3) is 4.88. The number of ether oxygens (including phenoxy) is 2. The van der Waals surface area contributed by atoms with Crippen molar-refractivity contribution >= 4 is 23.3 Å². The van der Waals surface area contributed by atoms with Crippen LogP contribution in [0.3, 0.4) is 0 Å². The minimum atomic E-state index is -0.328. The number of aromatic nitrogens is 1. The number of esters is 1. The van der Waals surface area contributed by atoms with Gasteiger partial charge >= 0.3 is 5.97 Å². The summed E-state index contributed by atoms with van der Waals surface area (Å²) in [5.41, 5.74) is 4.09. The molecule has 1 saturated heterocycles. The second kappa shape index (κ2) is 9.51. The first-order valence-electron chi connectivity index (χ1n) is 10.4. The van der Waals surface area contributed by atoms with E-state index in [-0.39, 0.29) is 24.4 Å². The molecule has 7 heteroatoms. The highest BCUT2D eigenvalue weighted by atomic mass is 16.5. The lowest BCUT2D eigenvalue weighted by molar-refractivity contribution is -0.115. The third-order valence-electron chi connectivity index (χ3n) is 5.43. The van der Waals surface area contributed by atoms with Crippen LogP contribution in [-0.2, 0) is 16.0 Å². The summed E-state index contributed by atoms with van der Waals surface area (Å²) in [4.78, 5) is 30.3. The molecule has 1 aliphatic heterocycles. The van der Waals surface area contributed by atoms with Gasteiger partial charge < -0.3 is 19.7 Å². The van der Waals surface area contributed by atoms with Crippen molar-refractivity contribution in [3.63, 3.8) is 0 Å². The molecule has 2 heterocycles. The van der Waals surface area contributed by atoms with Gasteiger partial charge in [0.2, 0.25) is 5.91 Å². The smallest absolute Gasteiger partial charge is 0.338 e. The normalized spacial score (nSPS) is 13.2. The molecule has 1 fully saturated rings. The molecule has 1 aliphatic rings. The van der Waals surface area contributed by atoms with Crippen LogP contribution < -0.4 is 15.0 Å². The standard InChI is InChI=1S/C25H25N3O4/c1-17-22(25(30)31-2)6-3-7-23(17)28-15-21(16-28)32-20-10-8-19(9-11-20)27-24(29)13-18-5-4-12-26-14-18/h3-12,14,21H,13,15-16H2,1-2H3,(H,27,29). The van der Waals surface area contributed by atoms with Crippen molar-refractivity contribution in [1.82, 2.24) is 4.98 Å². The number of anilines is 2. The SMILES string of the molecule is COC(=O)c1cccc(N2CC(Oc3ccc(NC(=O)Cc4cccnc4)cc3)C2)c1C. The Morgan fingerprint density at radius 3 is 2.56 bits per heavy atom. The maximum atomic E-state index is 12.2. The first-order valence-corrected chi connectivity index (χ1v) is 10.4. The molecule has 1 aromatic heterocycles. The van der Waals surface area contributed by atoms with Crippen LogP contribution in [0.15, 0.2) is 67.0 Å². The summed E-state index contributed by atoms with van der Waals surface area (Å²) in [6.45, 7) is 3.39. The van der Waals surface area contributed by atoms with E-state index < -0.39 is 0 Å². The fraction of sp³-hybridized carbons (Fsp3) is 0.240. The summed E-state index contributed by atoms with van der Waals surface area (Å²) in [5.74, 6) is 0.330. The molecule has 164 valence electrons. The van der Waals surface area contributed by atoms with Gasteiger partial charge in [-0.05, 0) is 60.5 Å². The van der Waals surface area contributed by atoms with E-state index in [0.29, 0.717) is 5.56 Å². The van der Waals surface area contributed by atoms with Crippen molar-refractivity contribution in [2.24, 2.45) is 0 Å². The van der Waals surface area contributed by atoms with Gasteiger partial charge in [-0.1, -0.05) is 12.1 Å². The molecule has 0 unspecified atom stereocenters. The van der Waals surface area contributed by atoms with E-state index >= 15 is 0 Å². The first-order chi connectivity index (χ1) is 15.5. The minimum Gasteiger partial charge on any atom is -0.487 e. The molecule has 0 bridgehead atoms. The van der Waals surface area contributed by atoms with Gasteiger partial charge in [-0.3, -0.25) is 9.78 Å². The van der Waals surface area contributed by atoms with E-state index in [1.54, 1.807) is 18.5 Å². The van der Waals surface area contributed by atoms with E-state index in [0.717, 1.165) is 41.3 Å². The number of hydrogen-bond donors (Lipinski definition) is 1. The van der Waals surface area contributed by atoms with E-state index in [1.807, 2.05) is 55.5 Å². The molecule has 0 spiro atoms. The molecular formula is C25H25N3O4. The number of rotatable bonds is 7. The number of carbonyl (C=O) groups is 2. The van der Waals surface area contributed by atoms with Gasteiger partial charge in [-0.15, -0.1) is 0 Å². The molecule has 1 amide bonds. The Kier molecular flexibility index (Phi) is 6.35. The molecule has 3 aromatic rings. The van der Waals surface area contributed by atoms with Crippen molar-refractivity contribution in [3.05, 3.63) is 83.7 Å². The number of benzene rings is 2. The van der Waals surface area contributed by atoms with Gasteiger partial charge in [0.15, 0.2) is 0 Å². The Balaban J connectivity index is 1.28. The van der Waals surface area contributed by atoms with Gasteiger partial charge in [-0.2, -0.15) is 0 Å².